The van der Waals surface area contributed by atoms with Crippen molar-refractivity contribution in [3.05, 3.63) is 35.7 Å². The lowest BCUT2D eigenvalue weighted by Gasteiger charge is -2.08. The molecule has 106 valence electrons. The average molecular weight is 301 g/mol. The van der Waals surface area contributed by atoms with Crippen molar-refractivity contribution in [3.8, 4) is 5.69 Å². The number of carbonyl (C=O) groups is 1. The number of thioether (sulfide) groups is 1. The molecule has 1 aromatic carbocycles. The van der Waals surface area contributed by atoms with Gasteiger partial charge in [-0.25, -0.2) is 8.78 Å². The molecule has 2 rings (SSSR count). The molecule has 0 radical (unpaired) electrons. The maximum absolute atomic E-state index is 13.2. The van der Waals surface area contributed by atoms with Crippen molar-refractivity contribution in [2.24, 2.45) is 0 Å². The van der Waals surface area contributed by atoms with Gasteiger partial charge in [-0.15, -0.1) is 10.2 Å². The van der Waals surface area contributed by atoms with E-state index in [0.29, 0.717) is 6.07 Å². The first-order valence-electron chi connectivity index (χ1n) is 5.37. The van der Waals surface area contributed by atoms with Crippen molar-refractivity contribution >= 4 is 17.7 Å². The van der Waals surface area contributed by atoms with Crippen LogP contribution in [-0.2, 0) is 11.4 Å². The van der Waals surface area contributed by atoms with Crippen LogP contribution in [0.3, 0.4) is 0 Å². The number of hydrogen-bond acceptors (Lipinski definition) is 5. The van der Waals surface area contributed by atoms with Crippen molar-refractivity contribution < 1.29 is 23.8 Å². The first-order valence-corrected chi connectivity index (χ1v) is 6.36. The zero-order chi connectivity index (χ0) is 14.7. The van der Waals surface area contributed by atoms with Gasteiger partial charge in [0.2, 0.25) is 0 Å². The molecule has 0 saturated carbocycles. The Morgan fingerprint density at radius 2 is 1.90 bits per heavy atom. The van der Waals surface area contributed by atoms with Gasteiger partial charge in [0.15, 0.2) is 11.0 Å². The van der Waals surface area contributed by atoms with Crippen LogP contribution in [0.2, 0.25) is 0 Å². The highest BCUT2D eigenvalue weighted by Gasteiger charge is 2.16. The maximum atomic E-state index is 13.2. The number of carboxylic acid groups (broad SMARTS) is 1. The largest absolute Gasteiger partial charge is 0.481 e. The van der Waals surface area contributed by atoms with Crippen LogP contribution in [0.25, 0.3) is 5.69 Å². The Kier molecular flexibility index (Phi) is 4.30. The van der Waals surface area contributed by atoms with Gasteiger partial charge in [-0.05, 0) is 12.1 Å². The fourth-order valence-electron chi connectivity index (χ4n) is 1.55. The molecule has 0 bridgehead atoms. The Balaban J connectivity index is 2.47. The molecule has 6 nitrogen and oxygen atoms in total. The molecule has 1 aromatic heterocycles. The first-order chi connectivity index (χ1) is 9.51. The van der Waals surface area contributed by atoms with Gasteiger partial charge in [-0.3, -0.25) is 9.36 Å². The summed E-state index contributed by atoms with van der Waals surface area (Å²) in [5.41, 5.74) is 0.0736. The normalized spacial score (nSPS) is 10.8. The van der Waals surface area contributed by atoms with E-state index in [1.165, 1.54) is 4.57 Å². The number of aliphatic hydroxyl groups excluding tert-OH is 1. The highest BCUT2D eigenvalue weighted by molar-refractivity contribution is 7.99. The monoisotopic (exact) mass is 301 g/mol. The molecule has 9 heteroatoms. The van der Waals surface area contributed by atoms with Gasteiger partial charge in [0.05, 0.1) is 11.4 Å². The summed E-state index contributed by atoms with van der Waals surface area (Å²) in [4.78, 5) is 10.6. The van der Waals surface area contributed by atoms with Crippen LogP contribution < -0.4 is 0 Å². The van der Waals surface area contributed by atoms with Crippen molar-refractivity contribution in [1.82, 2.24) is 14.8 Å². The van der Waals surface area contributed by atoms with Gasteiger partial charge in [0, 0.05) is 6.07 Å². The number of carboxylic acids is 1. The molecular formula is C11H9F2N3O3S. The lowest BCUT2D eigenvalue weighted by molar-refractivity contribution is -0.133. The quantitative estimate of drug-likeness (QED) is 0.807. The molecule has 0 aliphatic carbocycles. The second-order valence-electron chi connectivity index (χ2n) is 3.70. The average Bonchev–Trinajstić information content (AvgIpc) is 2.77. The fraction of sp³-hybridized carbons (Fsp3) is 0.182. The minimum absolute atomic E-state index is 0.0582. The first kappa shape index (κ1) is 14.4. The third-order valence-electron chi connectivity index (χ3n) is 2.27. The minimum atomic E-state index is -1.07. The van der Waals surface area contributed by atoms with Crippen molar-refractivity contribution in [2.75, 3.05) is 5.75 Å². The van der Waals surface area contributed by atoms with Gasteiger partial charge < -0.3 is 10.2 Å². The van der Waals surface area contributed by atoms with E-state index in [0.717, 1.165) is 23.9 Å². The summed E-state index contributed by atoms with van der Waals surface area (Å²) in [7, 11) is 0. The molecule has 0 unspecified atom stereocenters. The predicted molar refractivity (Wildman–Crippen MR) is 65.6 cm³/mol. The molecule has 2 aromatic rings. The molecule has 2 N–H and O–H groups in total. The number of nitrogens with zero attached hydrogens (tertiary/aromatic N) is 3. The van der Waals surface area contributed by atoms with E-state index < -0.39 is 24.2 Å². The third-order valence-corrected chi connectivity index (χ3v) is 3.19. The lowest BCUT2D eigenvalue weighted by Crippen LogP contribution is -2.05. The summed E-state index contributed by atoms with van der Waals surface area (Å²) in [5.74, 6) is -2.90. The minimum Gasteiger partial charge on any atom is -0.481 e. The maximum Gasteiger partial charge on any atom is 0.313 e. The number of hydrogen-bond donors (Lipinski definition) is 2. The molecule has 0 saturated heterocycles. The number of aliphatic hydroxyl groups is 1. The number of rotatable bonds is 5. The summed E-state index contributed by atoms with van der Waals surface area (Å²) in [6, 6.07) is 2.78. The van der Waals surface area contributed by atoms with Crippen LogP contribution in [0.1, 0.15) is 5.82 Å². The molecule has 0 aliphatic heterocycles. The van der Waals surface area contributed by atoms with Gasteiger partial charge in [0.25, 0.3) is 0 Å². The van der Waals surface area contributed by atoms with E-state index in [1.54, 1.807) is 0 Å². The second kappa shape index (κ2) is 5.97. The summed E-state index contributed by atoms with van der Waals surface area (Å²) < 4.78 is 27.7. The van der Waals surface area contributed by atoms with E-state index in [4.69, 9.17) is 5.11 Å². The summed E-state index contributed by atoms with van der Waals surface area (Å²) in [5, 5.41) is 25.3. The van der Waals surface area contributed by atoms with E-state index in [9.17, 15) is 18.7 Å². The van der Waals surface area contributed by atoms with Crippen LogP contribution >= 0.6 is 11.8 Å². The molecule has 1 heterocycles. The van der Waals surface area contributed by atoms with Gasteiger partial charge >= 0.3 is 5.97 Å². The zero-order valence-corrected chi connectivity index (χ0v) is 10.8. The van der Waals surface area contributed by atoms with Crippen LogP contribution in [-0.4, -0.2) is 36.7 Å². The third kappa shape index (κ3) is 3.11. The summed E-state index contributed by atoms with van der Waals surface area (Å²) in [6.45, 7) is -0.501. The van der Waals surface area contributed by atoms with Crippen molar-refractivity contribution in [1.29, 1.82) is 0 Å². The van der Waals surface area contributed by atoms with E-state index >= 15 is 0 Å². The smallest absolute Gasteiger partial charge is 0.313 e. The lowest BCUT2D eigenvalue weighted by atomic mass is 10.3. The molecule has 0 aliphatic rings. The standard InChI is InChI=1S/C11H9F2N3O3S/c12-6-1-7(13)3-8(2-6)16-9(4-17)14-15-11(16)20-5-10(18)19/h1-3,17H,4-5H2,(H,18,19). The molecule has 20 heavy (non-hydrogen) atoms. The number of benzene rings is 1. The zero-order valence-electron chi connectivity index (χ0n) is 9.95. The van der Waals surface area contributed by atoms with Crippen LogP contribution in [0, 0.1) is 11.6 Å². The van der Waals surface area contributed by atoms with Gasteiger partial charge in [0.1, 0.15) is 18.2 Å². The van der Waals surface area contributed by atoms with Gasteiger partial charge in [-0.2, -0.15) is 0 Å². The second-order valence-corrected chi connectivity index (χ2v) is 4.64. The van der Waals surface area contributed by atoms with Crippen molar-refractivity contribution in [3.63, 3.8) is 0 Å². The Morgan fingerprint density at radius 3 is 2.45 bits per heavy atom. The molecule has 0 atom stereocenters. The Labute approximate surface area is 116 Å². The number of aliphatic carboxylic acids is 1. The van der Waals surface area contributed by atoms with Crippen LogP contribution in [0.4, 0.5) is 8.78 Å². The Bertz CT molecular complexity index is 628. The summed E-state index contributed by atoms with van der Waals surface area (Å²) in [6.07, 6.45) is 0. The number of aromatic nitrogens is 3. The molecular weight excluding hydrogens is 292 g/mol. The highest BCUT2D eigenvalue weighted by Crippen LogP contribution is 2.23. The molecule has 0 fully saturated rings. The topological polar surface area (TPSA) is 88.2 Å². The summed E-state index contributed by atoms with van der Waals surface area (Å²) >= 11 is 0.832. The SMILES string of the molecule is O=C(O)CSc1nnc(CO)n1-c1cc(F)cc(F)c1. The van der Waals surface area contributed by atoms with E-state index in [-0.39, 0.29) is 22.4 Å². The predicted octanol–water partition coefficient (Wildman–Crippen LogP) is 1.21. The van der Waals surface area contributed by atoms with Crippen LogP contribution in [0.5, 0.6) is 0 Å². The van der Waals surface area contributed by atoms with Crippen molar-refractivity contribution in [2.45, 2.75) is 11.8 Å². The number of halogens is 2. The van der Waals surface area contributed by atoms with Gasteiger partial charge in [-0.1, -0.05) is 11.8 Å². The van der Waals surface area contributed by atoms with E-state index in [1.807, 2.05) is 0 Å². The highest BCUT2D eigenvalue weighted by atomic mass is 32.2. The molecule has 0 amide bonds. The van der Waals surface area contributed by atoms with Crippen LogP contribution in [0.15, 0.2) is 23.4 Å². The molecule has 0 spiro atoms. The fourth-order valence-corrected chi connectivity index (χ4v) is 2.24. The van der Waals surface area contributed by atoms with E-state index in [2.05, 4.69) is 10.2 Å². The Morgan fingerprint density at radius 1 is 1.25 bits per heavy atom. The Hall–Kier alpha value is -2.00.